The molecule has 0 spiro atoms. The Labute approximate surface area is 346 Å². The van der Waals surface area contributed by atoms with Crippen LogP contribution in [0.1, 0.15) is 101 Å². The molecule has 5 aromatic carbocycles. The Morgan fingerprint density at radius 1 is 0.466 bits per heavy atom. The minimum atomic E-state index is -0.274. The van der Waals surface area contributed by atoms with E-state index in [0.29, 0.717) is 0 Å². The van der Waals surface area contributed by atoms with Gasteiger partial charge in [0.05, 0.1) is 17.1 Å². The molecule has 0 saturated carbocycles. The molecule has 2 aromatic heterocycles. The maximum Gasteiger partial charge on any atom is 0.128 e. The first-order valence-electron chi connectivity index (χ1n) is 20.6. The number of phenolic OH excluding ortho intramolecular Hbond substituents is 1. The highest BCUT2D eigenvalue weighted by Gasteiger charge is 2.27. The van der Waals surface area contributed by atoms with Gasteiger partial charge in [0.1, 0.15) is 5.75 Å². The fourth-order valence-corrected chi connectivity index (χ4v) is 7.83. The van der Waals surface area contributed by atoms with Gasteiger partial charge in [-0.25, -0.2) is 4.98 Å². The van der Waals surface area contributed by atoms with Gasteiger partial charge >= 0.3 is 0 Å². The summed E-state index contributed by atoms with van der Waals surface area (Å²) in [6.45, 7) is 24.3. The van der Waals surface area contributed by atoms with Gasteiger partial charge in [-0.15, -0.1) is 0 Å². The van der Waals surface area contributed by atoms with Crippen molar-refractivity contribution < 1.29 is 5.11 Å². The van der Waals surface area contributed by atoms with Gasteiger partial charge in [0.25, 0.3) is 0 Å². The van der Waals surface area contributed by atoms with Crippen LogP contribution in [0.5, 0.6) is 5.75 Å². The van der Waals surface area contributed by atoms with Gasteiger partial charge in [0.15, 0.2) is 0 Å². The van der Waals surface area contributed by atoms with Gasteiger partial charge in [-0.1, -0.05) is 141 Å². The Bertz CT molecular complexity index is 2570. The lowest BCUT2D eigenvalue weighted by atomic mass is 9.78. The molecule has 0 saturated heterocycles. The van der Waals surface area contributed by atoms with Crippen molar-refractivity contribution in [1.82, 2.24) is 9.97 Å². The predicted molar refractivity (Wildman–Crippen MR) is 246 cm³/mol. The van der Waals surface area contributed by atoms with Crippen molar-refractivity contribution in [3.63, 3.8) is 0 Å². The second-order valence-electron chi connectivity index (χ2n) is 19.2. The molecular formula is C55H58N2O. The van der Waals surface area contributed by atoms with E-state index >= 15 is 0 Å². The molecule has 0 fully saturated rings. The van der Waals surface area contributed by atoms with Gasteiger partial charge in [-0.3, -0.25) is 4.98 Å². The Hall–Kier alpha value is -5.80. The van der Waals surface area contributed by atoms with E-state index in [0.717, 1.165) is 68.0 Å². The summed E-state index contributed by atoms with van der Waals surface area (Å²) in [5.41, 5.74) is 17.6. The molecule has 0 amide bonds. The zero-order chi connectivity index (χ0) is 41.6. The number of benzene rings is 5. The Morgan fingerprint density at radius 3 is 1.66 bits per heavy atom. The summed E-state index contributed by atoms with van der Waals surface area (Å²) in [6, 6.07) is 45.7. The normalized spacial score (nSPS) is 12.2. The van der Waals surface area contributed by atoms with Crippen LogP contribution in [0.2, 0.25) is 0 Å². The average molecular weight is 763 g/mol. The Balaban J connectivity index is 1.44. The number of aryl methyl sites for hydroxylation is 2. The Kier molecular flexibility index (Phi) is 10.8. The van der Waals surface area contributed by atoms with E-state index in [4.69, 9.17) is 9.97 Å². The molecule has 2 heterocycles. The SMILES string of the molecule is Cc1cccc(C)c1-c1ccnc(-c2cc(-c3cc(-c4ccc(Cc5ccccc5)cc4)cc(-c4cc(C(C)(C)C)cc(C(C)(C)C)c4O)n3)cc(C(C)(C)C)c2)c1. The average Bonchev–Trinajstić information content (AvgIpc) is 3.17. The standard InChI is InChI=1S/C55H58N2O/c1-35-16-15-17-36(2)51(35)40-24-25-56-48(30-40)42-27-43(29-44(28-42)53(3,4)5)49-31-41(39-22-20-38(21-23-39)26-37-18-13-12-14-19-37)32-50(57-49)46-33-45(54(6,7)8)34-47(52(46)58)55(9,10)11/h12-25,27-34,58H,26H2,1-11H3. The minimum Gasteiger partial charge on any atom is -0.507 e. The molecule has 0 aliphatic heterocycles. The molecule has 7 rings (SSSR count). The molecular weight excluding hydrogens is 705 g/mol. The number of aromatic hydroxyl groups is 1. The van der Waals surface area contributed by atoms with Gasteiger partial charge in [-0.05, 0) is 141 Å². The van der Waals surface area contributed by atoms with Crippen molar-refractivity contribution in [3.8, 4) is 61.8 Å². The van der Waals surface area contributed by atoms with E-state index in [2.05, 4.69) is 204 Å². The van der Waals surface area contributed by atoms with Crippen LogP contribution in [0.3, 0.4) is 0 Å². The molecule has 0 aliphatic carbocycles. The van der Waals surface area contributed by atoms with Gasteiger partial charge in [-0.2, -0.15) is 0 Å². The molecule has 294 valence electrons. The number of nitrogens with zero attached hydrogens (tertiary/aromatic N) is 2. The molecule has 0 unspecified atom stereocenters. The highest BCUT2D eigenvalue weighted by molar-refractivity contribution is 5.82. The predicted octanol–water partition coefficient (Wildman–Crippen LogP) is 14.6. The van der Waals surface area contributed by atoms with Crippen LogP contribution in [-0.4, -0.2) is 15.1 Å². The maximum atomic E-state index is 12.1. The molecule has 1 N–H and O–H groups in total. The number of pyridine rings is 2. The first-order valence-corrected chi connectivity index (χ1v) is 20.6. The lowest BCUT2D eigenvalue weighted by Gasteiger charge is -2.27. The summed E-state index contributed by atoms with van der Waals surface area (Å²) in [7, 11) is 0. The zero-order valence-electron chi connectivity index (χ0n) is 36.3. The quantitative estimate of drug-likeness (QED) is 0.176. The number of rotatable bonds is 7. The second kappa shape index (κ2) is 15.5. The summed E-state index contributed by atoms with van der Waals surface area (Å²) in [5.74, 6) is 0.283. The molecule has 58 heavy (non-hydrogen) atoms. The third-order valence-electron chi connectivity index (χ3n) is 11.3. The van der Waals surface area contributed by atoms with E-state index in [1.165, 1.54) is 33.4 Å². The zero-order valence-corrected chi connectivity index (χ0v) is 36.3. The molecule has 3 heteroatoms. The van der Waals surface area contributed by atoms with Crippen molar-refractivity contribution in [3.05, 3.63) is 173 Å². The highest BCUT2D eigenvalue weighted by Crippen LogP contribution is 2.44. The first kappa shape index (κ1) is 40.4. The van der Waals surface area contributed by atoms with Gasteiger partial charge < -0.3 is 5.11 Å². The smallest absolute Gasteiger partial charge is 0.128 e. The van der Waals surface area contributed by atoms with Crippen molar-refractivity contribution in [2.45, 2.75) is 98.8 Å². The molecule has 0 bridgehead atoms. The van der Waals surface area contributed by atoms with Gasteiger partial charge in [0, 0.05) is 28.5 Å². The number of hydrogen-bond acceptors (Lipinski definition) is 3. The summed E-state index contributed by atoms with van der Waals surface area (Å²) in [6.07, 6.45) is 2.80. The second-order valence-corrected chi connectivity index (χ2v) is 19.2. The molecule has 0 atom stereocenters. The van der Waals surface area contributed by atoms with E-state index in [9.17, 15) is 5.11 Å². The van der Waals surface area contributed by atoms with Gasteiger partial charge in [0.2, 0.25) is 0 Å². The lowest BCUT2D eigenvalue weighted by Crippen LogP contribution is -2.17. The first-order chi connectivity index (χ1) is 27.3. The van der Waals surface area contributed by atoms with Crippen LogP contribution in [0.15, 0.2) is 134 Å². The van der Waals surface area contributed by atoms with Crippen LogP contribution in [-0.2, 0) is 22.7 Å². The van der Waals surface area contributed by atoms with Crippen molar-refractivity contribution >= 4 is 0 Å². The molecule has 7 aromatic rings. The number of aromatic nitrogens is 2. The van der Waals surface area contributed by atoms with Crippen LogP contribution in [0.25, 0.3) is 56.0 Å². The van der Waals surface area contributed by atoms with E-state index in [1.54, 1.807) is 0 Å². The third kappa shape index (κ3) is 8.70. The minimum absolute atomic E-state index is 0.133. The highest BCUT2D eigenvalue weighted by atomic mass is 16.3. The summed E-state index contributed by atoms with van der Waals surface area (Å²) >= 11 is 0. The number of phenols is 1. The van der Waals surface area contributed by atoms with Crippen LogP contribution >= 0.6 is 0 Å². The van der Waals surface area contributed by atoms with E-state index < -0.39 is 0 Å². The summed E-state index contributed by atoms with van der Waals surface area (Å²) in [4.78, 5) is 10.4. The van der Waals surface area contributed by atoms with Crippen molar-refractivity contribution in [2.24, 2.45) is 0 Å². The fraction of sp³-hybridized carbons (Fsp3) is 0.273. The third-order valence-corrected chi connectivity index (χ3v) is 11.3. The topological polar surface area (TPSA) is 46.0 Å². The van der Waals surface area contributed by atoms with E-state index in [-0.39, 0.29) is 22.0 Å². The molecule has 0 radical (unpaired) electrons. The van der Waals surface area contributed by atoms with Crippen LogP contribution in [0, 0.1) is 13.8 Å². The van der Waals surface area contributed by atoms with Crippen LogP contribution < -0.4 is 0 Å². The monoisotopic (exact) mass is 762 g/mol. The maximum absolute atomic E-state index is 12.1. The number of hydrogen-bond donors (Lipinski definition) is 1. The fourth-order valence-electron chi connectivity index (χ4n) is 7.83. The largest absolute Gasteiger partial charge is 0.507 e. The van der Waals surface area contributed by atoms with E-state index in [1.807, 2.05) is 6.20 Å². The van der Waals surface area contributed by atoms with Crippen molar-refractivity contribution in [2.75, 3.05) is 0 Å². The molecule has 3 nitrogen and oxygen atoms in total. The molecule has 0 aliphatic rings. The summed E-state index contributed by atoms with van der Waals surface area (Å²) in [5, 5.41) is 12.1. The van der Waals surface area contributed by atoms with Crippen LogP contribution in [0.4, 0.5) is 0 Å². The lowest BCUT2D eigenvalue weighted by molar-refractivity contribution is 0.446. The Morgan fingerprint density at radius 2 is 1.03 bits per heavy atom. The summed E-state index contributed by atoms with van der Waals surface area (Å²) < 4.78 is 0. The van der Waals surface area contributed by atoms with Crippen molar-refractivity contribution in [1.29, 1.82) is 0 Å².